The summed E-state index contributed by atoms with van der Waals surface area (Å²) in [5, 5.41) is 0.453. The molecule has 3 heteroatoms. The topological polar surface area (TPSA) is 17.1 Å². The Morgan fingerprint density at radius 2 is 2.05 bits per heavy atom. The Morgan fingerprint density at radius 3 is 2.65 bits per heavy atom. The molecule has 1 aromatic rings. The summed E-state index contributed by atoms with van der Waals surface area (Å²) in [6.45, 7) is 6.22. The molecule has 1 nitrogen and oxygen atoms in total. The number of benzene rings is 1. The average molecular weight is 297 g/mol. The van der Waals surface area contributed by atoms with Crippen LogP contribution in [0.3, 0.4) is 0 Å². The third kappa shape index (κ3) is 3.22. The van der Waals surface area contributed by atoms with Gasteiger partial charge in [-0.15, -0.1) is 0 Å². The largest absolute Gasteiger partial charge is 0.299 e. The standard InChI is InChI=1S/C17H22ClFO/c1-11-7-8-13(16(20)9-11)17(2,3)10-12-14(18)5-4-6-15(12)19/h4-6,11,13H,7-10H2,1-3H3. The summed E-state index contributed by atoms with van der Waals surface area (Å²) in [6.07, 6.45) is 3.13. The van der Waals surface area contributed by atoms with Crippen LogP contribution < -0.4 is 0 Å². The molecule has 0 bridgehead atoms. The zero-order valence-electron chi connectivity index (χ0n) is 12.4. The third-order valence-corrected chi connectivity index (χ3v) is 4.88. The quantitative estimate of drug-likeness (QED) is 0.762. The molecule has 0 aliphatic heterocycles. The van der Waals surface area contributed by atoms with Crippen LogP contribution in [-0.2, 0) is 11.2 Å². The van der Waals surface area contributed by atoms with Gasteiger partial charge in [0, 0.05) is 22.9 Å². The number of carbonyl (C=O) groups is 1. The van der Waals surface area contributed by atoms with Gasteiger partial charge in [0.2, 0.25) is 0 Å². The molecular formula is C17H22ClFO. The maximum absolute atomic E-state index is 13.9. The van der Waals surface area contributed by atoms with Crippen molar-refractivity contribution < 1.29 is 9.18 Å². The number of hydrogen-bond acceptors (Lipinski definition) is 1. The summed E-state index contributed by atoms with van der Waals surface area (Å²) < 4.78 is 13.9. The molecule has 0 amide bonds. The van der Waals surface area contributed by atoms with Crippen molar-refractivity contribution in [3.63, 3.8) is 0 Å². The highest BCUT2D eigenvalue weighted by atomic mass is 35.5. The molecule has 0 saturated heterocycles. The predicted molar refractivity (Wildman–Crippen MR) is 80.4 cm³/mol. The first-order chi connectivity index (χ1) is 9.31. The molecule has 1 saturated carbocycles. The van der Waals surface area contributed by atoms with Gasteiger partial charge in [-0.05, 0) is 42.7 Å². The van der Waals surface area contributed by atoms with Gasteiger partial charge in [-0.25, -0.2) is 4.39 Å². The highest BCUT2D eigenvalue weighted by molar-refractivity contribution is 6.31. The number of hydrogen-bond donors (Lipinski definition) is 0. The fraction of sp³-hybridized carbons (Fsp3) is 0.588. The first-order valence-electron chi connectivity index (χ1n) is 7.27. The molecule has 2 unspecified atom stereocenters. The van der Waals surface area contributed by atoms with Gasteiger partial charge < -0.3 is 0 Å². The van der Waals surface area contributed by atoms with Gasteiger partial charge in [0.05, 0.1) is 0 Å². The predicted octanol–water partition coefficient (Wildman–Crippen LogP) is 5.05. The first kappa shape index (κ1) is 15.5. The number of rotatable bonds is 3. The van der Waals surface area contributed by atoms with Crippen LogP contribution in [0.2, 0.25) is 5.02 Å². The molecule has 1 fully saturated rings. The van der Waals surface area contributed by atoms with E-state index in [1.54, 1.807) is 12.1 Å². The minimum Gasteiger partial charge on any atom is -0.299 e. The monoisotopic (exact) mass is 296 g/mol. The molecule has 1 aliphatic rings. The van der Waals surface area contributed by atoms with Crippen molar-refractivity contribution >= 4 is 17.4 Å². The van der Waals surface area contributed by atoms with Gasteiger partial charge in [0.15, 0.2) is 0 Å². The molecule has 20 heavy (non-hydrogen) atoms. The SMILES string of the molecule is CC1CCC(C(C)(C)Cc2c(F)cccc2Cl)C(=O)C1. The lowest BCUT2D eigenvalue weighted by molar-refractivity contribution is -0.129. The van der Waals surface area contributed by atoms with Crippen LogP contribution in [0.1, 0.15) is 45.6 Å². The van der Waals surface area contributed by atoms with Gasteiger partial charge in [-0.2, -0.15) is 0 Å². The number of ketones is 1. The van der Waals surface area contributed by atoms with E-state index in [1.807, 2.05) is 13.8 Å². The Balaban J connectivity index is 2.21. The van der Waals surface area contributed by atoms with Crippen LogP contribution in [-0.4, -0.2) is 5.78 Å². The van der Waals surface area contributed by atoms with E-state index in [4.69, 9.17) is 11.6 Å². The van der Waals surface area contributed by atoms with Crippen molar-refractivity contribution in [2.45, 2.75) is 46.5 Å². The Labute approximate surface area is 125 Å². The molecule has 0 spiro atoms. The molecule has 2 atom stereocenters. The molecule has 110 valence electrons. The van der Waals surface area contributed by atoms with Crippen molar-refractivity contribution in [2.75, 3.05) is 0 Å². The second-order valence-corrected chi connectivity index (χ2v) is 7.18. The molecule has 0 radical (unpaired) electrons. The van der Waals surface area contributed by atoms with Gasteiger partial charge in [0.25, 0.3) is 0 Å². The van der Waals surface area contributed by atoms with Gasteiger partial charge >= 0.3 is 0 Å². The lowest BCUT2D eigenvalue weighted by atomic mass is 9.66. The van der Waals surface area contributed by atoms with E-state index in [-0.39, 0.29) is 17.2 Å². The van der Waals surface area contributed by atoms with Gasteiger partial charge in [-0.3, -0.25) is 4.79 Å². The molecule has 0 N–H and O–H groups in total. The summed E-state index contributed by atoms with van der Waals surface area (Å²) >= 11 is 6.11. The van der Waals surface area contributed by atoms with Crippen LogP contribution in [0.25, 0.3) is 0 Å². The number of Topliss-reactive ketones (excluding diaryl/α,β-unsaturated/α-hetero) is 1. The number of halogens is 2. The van der Waals surface area contributed by atoms with E-state index in [9.17, 15) is 9.18 Å². The Bertz CT molecular complexity index is 489. The normalized spacial score (nSPS) is 23.9. The zero-order chi connectivity index (χ0) is 14.9. The van der Waals surface area contributed by atoms with Crippen LogP contribution in [0.15, 0.2) is 18.2 Å². The average Bonchev–Trinajstić information content (AvgIpc) is 2.33. The van der Waals surface area contributed by atoms with E-state index in [1.165, 1.54) is 6.07 Å². The summed E-state index contributed by atoms with van der Waals surface area (Å²) in [4.78, 5) is 12.3. The van der Waals surface area contributed by atoms with Crippen LogP contribution in [0.5, 0.6) is 0 Å². The van der Waals surface area contributed by atoms with Gasteiger partial charge in [0.1, 0.15) is 11.6 Å². The fourth-order valence-electron chi connectivity index (χ4n) is 3.31. The van der Waals surface area contributed by atoms with E-state index >= 15 is 0 Å². The lowest BCUT2D eigenvalue weighted by Gasteiger charge is -2.37. The Hall–Kier alpha value is -0.890. The zero-order valence-corrected chi connectivity index (χ0v) is 13.1. The minimum absolute atomic E-state index is 0.00868. The molecule has 0 aromatic heterocycles. The second-order valence-electron chi connectivity index (χ2n) is 6.77. The van der Waals surface area contributed by atoms with Crippen molar-refractivity contribution in [3.8, 4) is 0 Å². The molecular weight excluding hydrogens is 275 g/mol. The maximum Gasteiger partial charge on any atom is 0.136 e. The summed E-state index contributed by atoms with van der Waals surface area (Å²) in [5.41, 5.74) is 0.272. The van der Waals surface area contributed by atoms with Gasteiger partial charge in [-0.1, -0.05) is 38.4 Å². The third-order valence-electron chi connectivity index (χ3n) is 4.52. The van der Waals surface area contributed by atoms with E-state index in [2.05, 4.69) is 6.92 Å². The minimum atomic E-state index is -0.276. The highest BCUT2D eigenvalue weighted by Gasteiger charge is 2.38. The molecule has 0 heterocycles. The fourth-order valence-corrected chi connectivity index (χ4v) is 3.54. The summed E-state index contributed by atoms with van der Waals surface area (Å²) in [5.74, 6) is 0.532. The number of carbonyl (C=O) groups excluding carboxylic acids is 1. The van der Waals surface area contributed by atoms with E-state index in [0.29, 0.717) is 35.1 Å². The summed E-state index contributed by atoms with van der Waals surface area (Å²) in [6, 6.07) is 4.75. The Kier molecular flexibility index (Phi) is 4.53. The Morgan fingerprint density at radius 1 is 1.35 bits per heavy atom. The second kappa shape index (κ2) is 5.85. The smallest absolute Gasteiger partial charge is 0.136 e. The molecule has 1 aliphatic carbocycles. The molecule has 2 rings (SSSR count). The highest BCUT2D eigenvalue weighted by Crippen LogP contribution is 2.41. The first-order valence-corrected chi connectivity index (χ1v) is 7.64. The van der Waals surface area contributed by atoms with E-state index in [0.717, 1.165) is 12.8 Å². The lowest BCUT2D eigenvalue weighted by Crippen LogP contribution is -2.37. The molecule has 1 aromatic carbocycles. The van der Waals surface area contributed by atoms with Crippen molar-refractivity contribution in [1.29, 1.82) is 0 Å². The summed E-state index contributed by atoms with van der Waals surface area (Å²) in [7, 11) is 0. The van der Waals surface area contributed by atoms with Crippen LogP contribution in [0, 0.1) is 23.1 Å². The maximum atomic E-state index is 13.9. The van der Waals surface area contributed by atoms with Crippen molar-refractivity contribution in [1.82, 2.24) is 0 Å². The van der Waals surface area contributed by atoms with Crippen LogP contribution >= 0.6 is 11.6 Å². The van der Waals surface area contributed by atoms with Crippen molar-refractivity contribution in [2.24, 2.45) is 17.3 Å². The van der Waals surface area contributed by atoms with E-state index < -0.39 is 0 Å². The van der Waals surface area contributed by atoms with Crippen LogP contribution in [0.4, 0.5) is 4.39 Å². The van der Waals surface area contributed by atoms with Crippen molar-refractivity contribution in [3.05, 3.63) is 34.6 Å².